The van der Waals surface area contributed by atoms with Gasteiger partial charge in [0.2, 0.25) is 5.91 Å². The van der Waals surface area contributed by atoms with Crippen LogP contribution < -0.4 is 20.1 Å². The van der Waals surface area contributed by atoms with E-state index in [1.165, 1.54) is 0 Å². The molecule has 0 aliphatic rings. The fourth-order valence-corrected chi connectivity index (χ4v) is 2.20. The van der Waals surface area contributed by atoms with E-state index in [9.17, 15) is 9.59 Å². The highest BCUT2D eigenvalue weighted by atomic mass is 16.5. The molecule has 0 bridgehead atoms. The fraction of sp³-hybridized carbons (Fsp3) is 0.263. The molecular weight excluding hydrogens is 320 g/mol. The second-order valence-electron chi connectivity index (χ2n) is 5.12. The minimum atomic E-state index is -0.356. The third-order valence-electron chi connectivity index (χ3n) is 3.29. The van der Waals surface area contributed by atoms with Crippen LogP contribution in [-0.2, 0) is 4.79 Å². The molecule has 2 rings (SSSR count). The molecule has 0 aliphatic carbocycles. The molecule has 6 nitrogen and oxygen atoms in total. The minimum absolute atomic E-state index is 0.132. The van der Waals surface area contributed by atoms with Crippen molar-refractivity contribution >= 4 is 17.5 Å². The summed E-state index contributed by atoms with van der Waals surface area (Å²) in [6.45, 7) is 4.66. The van der Waals surface area contributed by atoms with Crippen LogP contribution in [-0.4, -0.2) is 31.6 Å². The van der Waals surface area contributed by atoms with Crippen molar-refractivity contribution in [3.63, 3.8) is 0 Å². The lowest BCUT2D eigenvalue weighted by atomic mass is 10.2. The van der Waals surface area contributed by atoms with E-state index in [2.05, 4.69) is 10.6 Å². The lowest BCUT2D eigenvalue weighted by molar-refractivity contribution is -0.115. The van der Waals surface area contributed by atoms with Crippen LogP contribution in [0.3, 0.4) is 0 Å². The Labute approximate surface area is 147 Å². The number of rotatable bonds is 8. The summed E-state index contributed by atoms with van der Waals surface area (Å²) >= 11 is 0. The standard InChI is InChI=1S/C19H22N2O4/c1-3-24-15-11-9-14(10-12-15)21-18(22)13-20-19(23)16-7-5-6-8-17(16)25-4-2/h5-12H,3-4,13H2,1-2H3,(H,20,23)(H,21,22). The molecule has 0 spiro atoms. The highest BCUT2D eigenvalue weighted by molar-refractivity contribution is 6.00. The Hall–Kier alpha value is -3.02. The number of amides is 2. The first-order valence-electron chi connectivity index (χ1n) is 8.16. The normalized spacial score (nSPS) is 10.0. The molecule has 0 saturated heterocycles. The Morgan fingerprint density at radius 3 is 2.28 bits per heavy atom. The van der Waals surface area contributed by atoms with Gasteiger partial charge in [0.25, 0.3) is 5.91 Å². The molecule has 0 radical (unpaired) electrons. The van der Waals surface area contributed by atoms with Crippen LogP contribution in [0.15, 0.2) is 48.5 Å². The van der Waals surface area contributed by atoms with Gasteiger partial charge in [-0.15, -0.1) is 0 Å². The highest BCUT2D eigenvalue weighted by Gasteiger charge is 2.13. The van der Waals surface area contributed by atoms with Crippen LogP contribution in [0, 0.1) is 0 Å². The Morgan fingerprint density at radius 2 is 1.60 bits per heavy atom. The number of nitrogens with one attached hydrogen (secondary N) is 2. The predicted octanol–water partition coefficient (Wildman–Crippen LogP) is 2.85. The smallest absolute Gasteiger partial charge is 0.255 e. The SMILES string of the molecule is CCOc1ccc(NC(=O)CNC(=O)c2ccccc2OCC)cc1. The molecule has 0 aromatic heterocycles. The first kappa shape index (κ1) is 18.3. The van der Waals surface area contributed by atoms with Crippen LogP contribution in [0.5, 0.6) is 11.5 Å². The monoisotopic (exact) mass is 342 g/mol. The summed E-state index contributed by atoms with van der Waals surface area (Å²) < 4.78 is 10.8. The molecule has 0 unspecified atom stereocenters. The molecule has 2 aromatic carbocycles. The Kier molecular flexibility index (Phi) is 6.83. The predicted molar refractivity (Wildman–Crippen MR) is 96.2 cm³/mol. The van der Waals surface area contributed by atoms with Gasteiger partial charge in [-0.25, -0.2) is 0 Å². The van der Waals surface area contributed by atoms with Crippen molar-refractivity contribution in [2.45, 2.75) is 13.8 Å². The number of carbonyl (C=O) groups excluding carboxylic acids is 2. The molecule has 2 aromatic rings. The summed E-state index contributed by atoms with van der Waals surface area (Å²) in [4.78, 5) is 24.2. The number of benzene rings is 2. The molecule has 0 heterocycles. The van der Waals surface area contributed by atoms with Crippen molar-refractivity contribution in [3.8, 4) is 11.5 Å². The molecule has 2 amide bonds. The van der Waals surface area contributed by atoms with Gasteiger partial charge in [-0.05, 0) is 50.2 Å². The maximum Gasteiger partial charge on any atom is 0.255 e. The zero-order valence-corrected chi connectivity index (χ0v) is 14.4. The summed E-state index contributed by atoms with van der Waals surface area (Å²) in [5.41, 5.74) is 1.04. The summed E-state index contributed by atoms with van der Waals surface area (Å²) in [7, 11) is 0. The molecule has 0 atom stereocenters. The van der Waals surface area contributed by atoms with E-state index in [0.29, 0.717) is 30.2 Å². The Balaban J connectivity index is 1.88. The second kappa shape index (κ2) is 9.32. The summed E-state index contributed by atoms with van der Waals surface area (Å²) in [5, 5.41) is 5.31. The highest BCUT2D eigenvalue weighted by Crippen LogP contribution is 2.18. The van der Waals surface area contributed by atoms with Gasteiger partial charge >= 0.3 is 0 Å². The van der Waals surface area contributed by atoms with E-state index < -0.39 is 0 Å². The van der Waals surface area contributed by atoms with Gasteiger partial charge in [0, 0.05) is 5.69 Å². The van der Waals surface area contributed by atoms with Crippen LogP contribution in [0.2, 0.25) is 0 Å². The van der Waals surface area contributed by atoms with Crippen LogP contribution in [0.25, 0.3) is 0 Å². The molecule has 2 N–H and O–H groups in total. The minimum Gasteiger partial charge on any atom is -0.494 e. The lowest BCUT2D eigenvalue weighted by Crippen LogP contribution is -2.33. The quantitative estimate of drug-likeness (QED) is 0.773. The molecule has 25 heavy (non-hydrogen) atoms. The third kappa shape index (κ3) is 5.53. The topological polar surface area (TPSA) is 76.7 Å². The van der Waals surface area contributed by atoms with Crippen LogP contribution >= 0.6 is 0 Å². The van der Waals surface area contributed by atoms with Crippen molar-refractivity contribution < 1.29 is 19.1 Å². The average Bonchev–Trinajstić information content (AvgIpc) is 2.62. The van der Waals surface area contributed by atoms with E-state index >= 15 is 0 Å². The third-order valence-corrected chi connectivity index (χ3v) is 3.29. The molecule has 132 valence electrons. The van der Waals surface area contributed by atoms with Crippen molar-refractivity contribution in [2.24, 2.45) is 0 Å². The van der Waals surface area contributed by atoms with Gasteiger partial charge in [0.05, 0.1) is 25.3 Å². The fourth-order valence-electron chi connectivity index (χ4n) is 2.20. The first-order chi connectivity index (χ1) is 12.1. The molecular formula is C19H22N2O4. The van der Waals surface area contributed by atoms with Gasteiger partial charge in [-0.3, -0.25) is 9.59 Å². The molecule has 0 saturated carbocycles. The lowest BCUT2D eigenvalue weighted by Gasteiger charge is -2.11. The molecule has 6 heteroatoms. The zero-order valence-electron chi connectivity index (χ0n) is 14.4. The van der Waals surface area contributed by atoms with Gasteiger partial charge in [-0.2, -0.15) is 0 Å². The first-order valence-corrected chi connectivity index (χ1v) is 8.16. The van der Waals surface area contributed by atoms with Gasteiger partial charge < -0.3 is 20.1 Å². The summed E-state index contributed by atoms with van der Waals surface area (Å²) in [6, 6.07) is 14.0. The summed E-state index contributed by atoms with van der Waals surface area (Å²) in [5.74, 6) is 0.563. The number of ether oxygens (including phenoxy) is 2. The van der Waals surface area contributed by atoms with Gasteiger partial charge in [0.1, 0.15) is 11.5 Å². The Bertz CT molecular complexity index is 714. The number of para-hydroxylation sites is 1. The van der Waals surface area contributed by atoms with Gasteiger partial charge in [0.15, 0.2) is 0 Å². The summed E-state index contributed by atoms with van der Waals surface area (Å²) in [6.07, 6.45) is 0. The average molecular weight is 342 g/mol. The van der Waals surface area contributed by atoms with Crippen LogP contribution in [0.1, 0.15) is 24.2 Å². The van der Waals surface area contributed by atoms with Gasteiger partial charge in [-0.1, -0.05) is 12.1 Å². The van der Waals surface area contributed by atoms with Crippen molar-refractivity contribution in [1.29, 1.82) is 0 Å². The largest absolute Gasteiger partial charge is 0.494 e. The molecule has 0 fully saturated rings. The van der Waals surface area contributed by atoms with E-state index in [1.54, 1.807) is 48.5 Å². The number of anilines is 1. The maximum absolute atomic E-state index is 12.2. The number of hydrogen-bond donors (Lipinski definition) is 2. The Morgan fingerprint density at radius 1 is 0.920 bits per heavy atom. The van der Waals surface area contributed by atoms with Crippen molar-refractivity contribution in [3.05, 3.63) is 54.1 Å². The van der Waals surface area contributed by atoms with E-state index in [0.717, 1.165) is 5.75 Å². The van der Waals surface area contributed by atoms with E-state index in [1.807, 2.05) is 13.8 Å². The zero-order chi connectivity index (χ0) is 18.1. The van der Waals surface area contributed by atoms with Crippen LogP contribution in [0.4, 0.5) is 5.69 Å². The van der Waals surface area contributed by atoms with Crippen molar-refractivity contribution in [1.82, 2.24) is 5.32 Å². The van der Waals surface area contributed by atoms with Crippen molar-refractivity contribution in [2.75, 3.05) is 25.1 Å². The number of hydrogen-bond acceptors (Lipinski definition) is 4. The van der Waals surface area contributed by atoms with E-state index in [4.69, 9.17) is 9.47 Å². The molecule has 0 aliphatic heterocycles. The van der Waals surface area contributed by atoms with E-state index in [-0.39, 0.29) is 18.4 Å². The maximum atomic E-state index is 12.2. The second-order valence-corrected chi connectivity index (χ2v) is 5.12. The number of carbonyl (C=O) groups is 2.